The van der Waals surface area contributed by atoms with Gasteiger partial charge in [0.15, 0.2) is 6.10 Å². The number of hydrogen-bond donors (Lipinski definition) is 3. The van der Waals surface area contributed by atoms with E-state index in [9.17, 15) is 14.7 Å². The SMILES string of the molecule is O=C([O-])[C@H](O)[C@@H](O)C(=O)O.[Li+]. The molecule has 58 valence electrons. The van der Waals surface area contributed by atoms with E-state index < -0.39 is 24.1 Å². The average Bonchev–Trinajstić information content (AvgIpc) is 1.84. The fourth-order valence-corrected chi connectivity index (χ4v) is 0.264. The molecule has 3 N–H and O–H groups in total. The van der Waals surface area contributed by atoms with Gasteiger partial charge in [-0.15, -0.1) is 0 Å². The van der Waals surface area contributed by atoms with Gasteiger partial charge in [-0.2, -0.15) is 0 Å². The van der Waals surface area contributed by atoms with Crippen molar-refractivity contribution in [3.63, 3.8) is 0 Å². The number of carboxylic acids is 2. The molecular formula is C4H5LiO6. The van der Waals surface area contributed by atoms with Gasteiger partial charge in [0.2, 0.25) is 0 Å². The van der Waals surface area contributed by atoms with Crippen molar-refractivity contribution in [2.24, 2.45) is 0 Å². The first-order chi connectivity index (χ1) is 4.46. The zero-order valence-electron chi connectivity index (χ0n) is 5.72. The van der Waals surface area contributed by atoms with E-state index in [-0.39, 0.29) is 18.9 Å². The van der Waals surface area contributed by atoms with Crippen LogP contribution in [0.1, 0.15) is 0 Å². The number of carbonyl (C=O) groups excluding carboxylic acids is 1. The Morgan fingerprint density at radius 2 is 1.55 bits per heavy atom. The van der Waals surface area contributed by atoms with Crippen molar-refractivity contribution < 1.29 is 48.9 Å². The minimum absolute atomic E-state index is 0. The van der Waals surface area contributed by atoms with Crippen LogP contribution in [0.3, 0.4) is 0 Å². The van der Waals surface area contributed by atoms with E-state index in [1.165, 1.54) is 0 Å². The van der Waals surface area contributed by atoms with Crippen molar-refractivity contribution in [3.8, 4) is 0 Å². The number of hydrogen-bond acceptors (Lipinski definition) is 5. The molecule has 0 aromatic heterocycles. The van der Waals surface area contributed by atoms with Gasteiger partial charge in [0.1, 0.15) is 6.10 Å². The van der Waals surface area contributed by atoms with Crippen LogP contribution >= 0.6 is 0 Å². The summed E-state index contributed by atoms with van der Waals surface area (Å²) in [6.07, 6.45) is -4.71. The van der Waals surface area contributed by atoms with Crippen LogP contribution in [-0.4, -0.2) is 39.5 Å². The maximum absolute atomic E-state index is 9.74. The summed E-state index contributed by atoms with van der Waals surface area (Å²) >= 11 is 0. The molecule has 0 saturated carbocycles. The van der Waals surface area contributed by atoms with Gasteiger partial charge in [-0.05, 0) is 0 Å². The monoisotopic (exact) mass is 156 g/mol. The van der Waals surface area contributed by atoms with Crippen molar-refractivity contribution in [2.75, 3.05) is 0 Å². The maximum Gasteiger partial charge on any atom is 1.00 e. The smallest absolute Gasteiger partial charge is 0.547 e. The zero-order valence-corrected chi connectivity index (χ0v) is 5.72. The Labute approximate surface area is 73.6 Å². The number of carboxylic acid groups (broad SMARTS) is 2. The normalized spacial score (nSPS) is 14.4. The van der Waals surface area contributed by atoms with Crippen LogP contribution < -0.4 is 24.0 Å². The van der Waals surface area contributed by atoms with Gasteiger partial charge in [-0.3, -0.25) is 0 Å². The second-order valence-corrected chi connectivity index (χ2v) is 1.55. The van der Waals surface area contributed by atoms with E-state index >= 15 is 0 Å². The molecule has 0 fully saturated rings. The van der Waals surface area contributed by atoms with Gasteiger partial charge < -0.3 is 25.2 Å². The summed E-state index contributed by atoms with van der Waals surface area (Å²) in [5.74, 6) is -3.83. The predicted molar refractivity (Wildman–Crippen MR) is 24.7 cm³/mol. The molecular weight excluding hydrogens is 151 g/mol. The van der Waals surface area contributed by atoms with Gasteiger partial charge in [0.05, 0.1) is 5.97 Å². The molecule has 0 aliphatic carbocycles. The Hall–Kier alpha value is -0.543. The van der Waals surface area contributed by atoms with E-state index in [2.05, 4.69) is 0 Å². The van der Waals surface area contributed by atoms with Gasteiger partial charge in [0, 0.05) is 0 Å². The Morgan fingerprint density at radius 1 is 1.18 bits per heavy atom. The van der Waals surface area contributed by atoms with Crippen molar-refractivity contribution in [1.82, 2.24) is 0 Å². The van der Waals surface area contributed by atoms with Crippen LogP contribution in [0.25, 0.3) is 0 Å². The Kier molecular flexibility index (Phi) is 6.13. The Balaban J connectivity index is 0. The summed E-state index contributed by atoms with van der Waals surface area (Å²) in [6, 6.07) is 0. The molecule has 7 heteroatoms. The Bertz CT molecular complexity index is 139. The van der Waals surface area contributed by atoms with Gasteiger partial charge >= 0.3 is 24.8 Å². The number of aliphatic hydroxyl groups is 2. The first-order valence-corrected chi connectivity index (χ1v) is 2.26. The van der Waals surface area contributed by atoms with Crippen LogP contribution in [-0.2, 0) is 9.59 Å². The predicted octanol–water partition coefficient (Wildman–Crippen LogP) is -6.45. The van der Waals surface area contributed by atoms with Gasteiger partial charge in [0.25, 0.3) is 0 Å². The summed E-state index contributed by atoms with van der Waals surface area (Å²) in [6.45, 7) is 0. The van der Waals surface area contributed by atoms with Crippen LogP contribution in [0.15, 0.2) is 0 Å². The fraction of sp³-hybridized carbons (Fsp3) is 0.500. The third-order valence-electron chi connectivity index (χ3n) is 0.794. The second-order valence-electron chi connectivity index (χ2n) is 1.55. The van der Waals surface area contributed by atoms with E-state index in [0.29, 0.717) is 0 Å². The van der Waals surface area contributed by atoms with Crippen LogP contribution in [0.4, 0.5) is 0 Å². The van der Waals surface area contributed by atoms with Crippen molar-refractivity contribution >= 4 is 11.9 Å². The van der Waals surface area contributed by atoms with Crippen molar-refractivity contribution in [1.29, 1.82) is 0 Å². The minimum atomic E-state index is -2.38. The maximum atomic E-state index is 9.74. The van der Waals surface area contributed by atoms with E-state index in [4.69, 9.17) is 15.3 Å². The van der Waals surface area contributed by atoms with Crippen molar-refractivity contribution in [2.45, 2.75) is 12.2 Å². The number of aliphatic carboxylic acids is 2. The minimum Gasteiger partial charge on any atom is -0.547 e. The topological polar surface area (TPSA) is 118 Å². The van der Waals surface area contributed by atoms with Gasteiger partial charge in [-0.1, -0.05) is 0 Å². The molecule has 0 amide bonds. The number of aliphatic hydroxyl groups excluding tert-OH is 2. The van der Waals surface area contributed by atoms with E-state index in [1.54, 1.807) is 0 Å². The molecule has 0 spiro atoms. The third kappa shape index (κ3) is 4.01. The summed E-state index contributed by atoms with van der Waals surface area (Å²) < 4.78 is 0. The van der Waals surface area contributed by atoms with Crippen LogP contribution in [0, 0.1) is 0 Å². The molecule has 0 heterocycles. The fourth-order valence-electron chi connectivity index (χ4n) is 0.264. The summed E-state index contributed by atoms with van der Waals surface area (Å²) in [7, 11) is 0. The third-order valence-corrected chi connectivity index (χ3v) is 0.794. The molecule has 0 bridgehead atoms. The second kappa shape index (κ2) is 5.15. The standard InChI is InChI=1S/C4H6O6.Li/c5-1(3(7)8)2(6)4(9)10;/h1-2,5-6H,(H,7,8)(H,9,10);/q;+1/p-1/t1-,2-;/m1./s1. The first-order valence-electron chi connectivity index (χ1n) is 2.26. The van der Waals surface area contributed by atoms with Crippen LogP contribution in [0.2, 0.25) is 0 Å². The zero-order chi connectivity index (χ0) is 8.31. The Morgan fingerprint density at radius 3 is 1.64 bits per heavy atom. The molecule has 0 aliphatic rings. The van der Waals surface area contributed by atoms with Crippen molar-refractivity contribution in [3.05, 3.63) is 0 Å². The molecule has 6 nitrogen and oxygen atoms in total. The molecule has 2 atom stereocenters. The molecule has 0 aromatic carbocycles. The molecule has 0 radical (unpaired) electrons. The molecule has 11 heavy (non-hydrogen) atoms. The summed E-state index contributed by atoms with van der Waals surface area (Å²) in [4.78, 5) is 19.4. The first kappa shape index (κ1) is 13.1. The van der Waals surface area contributed by atoms with E-state index in [1.807, 2.05) is 0 Å². The summed E-state index contributed by atoms with van der Waals surface area (Å²) in [5.41, 5.74) is 0. The molecule has 0 rings (SSSR count). The molecule has 0 aliphatic heterocycles. The molecule has 0 aromatic rings. The van der Waals surface area contributed by atoms with Gasteiger partial charge in [-0.25, -0.2) is 4.79 Å². The number of carbonyl (C=O) groups is 2. The largest absolute Gasteiger partial charge is 1.00 e. The van der Waals surface area contributed by atoms with Crippen LogP contribution in [0.5, 0.6) is 0 Å². The summed E-state index contributed by atoms with van der Waals surface area (Å²) in [5, 5.41) is 34.1. The average molecular weight is 156 g/mol. The quantitative estimate of drug-likeness (QED) is 0.349. The molecule has 0 saturated heterocycles. The molecule has 0 unspecified atom stereocenters. The van der Waals surface area contributed by atoms with E-state index in [0.717, 1.165) is 0 Å². The number of rotatable bonds is 3.